The van der Waals surface area contributed by atoms with E-state index in [1.165, 1.54) is 11.9 Å². The van der Waals surface area contributed by atoms with Crippen LogP contribution in [0.2, 0.25) is 0 Å². The van der Waals surface area contributed by atoms with Gasteiger partial charge in [0.1, 0.15) is 13.1 Å². The lowest BCUT2D eigenvalue weighted by molar-refractivity contribution is -0.155. The van der Waals surface area contributed by atoms with E-state index >= 15 is 0 Å². The molecule has 1 saturated heterocycles. The van der Waals surface area contributed by atoms with Crippen LogP contribution in [-0.4, -0.2) is 57.6 Å². The number of hydrogen-bond donors (Lipinski definition) is 0. The van der Waals surface area contributed by atoms with Gasteiger partial charge in [0.2, 0.25) is 17.7 Å². The Morgan fingerprint density at radius 1 is 1.17 bits per heavy atom. The molecule has 1 aromatic rings. The van der Waals surface area contributed by atoms with Crippen LogP contribution >= 0.6 is 15.9 Å². The summed E-state index contributed by atoms with van der Waals surface area (Å²) in [6, 6.07) is 7.19. The van der Waals surface area contributed by atoms with E-state index in [1.54, 1.807) is 12.1 Å². The van der Waals surface area contributed by atoms with Crippen LogP contribution in [0.1, 0.15) is 12.8 Å². The van der Waals surface area contributed by atoms with E-state index in [-0.39, 0.29) is 37.2 Å². The van der Waals surface area contributed by atoms with Crippen LogP contribution in [0.4, 0.5) is 0 Å². The summed E-state index contributed by atoms with van der Waals surface area (Å²) in [6.45, 7) is -0.145. The molecule has 124 valence electrons. The Bertz CT molecular complexity index is 629. The highest BCUT2D eigenvalue weighted by Gasteiger charge is 2.30. The first-order valence-corrected chi connectivity index (χ1v) is 9.21. The van der Waals surface area contributed by atoms with Crippen LogP contribution in [0, 0.1) is 0 Å². The maximum atomic E-state index is 12.1. The number of likely N-dealkylation sites (N-methyl/N-ethyl adjacent to an activating group) is 1. The maximum absolute atomic E-state index is 12.1. The number of benzene rings is 1. The Hall–Kier alpha value is -1.54. The maximum Gasteiger partial charge on any atom is 0.248 e. The second-order valence-corrected chi connectivity index (χ2v) is 7.69. The highest BCUT2D eigenvalue weighted by molar-refractivity contribution is 9.10. The Kier molecular flexibility index (Phi) is 6.06. The first-order valence-electron chi connectivity index (χ1n) is 7.09. The Morgan fingerprint density at radius 3 is 2.30 bits per heavy atom. The Balaban J connectivity index is 1.81. The van der Waals surface area contributed by atoms with E-state index in [4.69, 9.17) is 0 Å². The summed E-state index contributed by atoms with van der Waals surface area (Å²) in [7, 11) is 0.244. The monoisotopic (exact) mass is 400 g/mol. The van der Waals surface area contributed by atoms with E-state index in [9.17, 15) is 18.6 Å². The first kappa shape index (κ1) is 17.8. The average molecular weight is 401 g/mol. The minimum Gasteiger partial charge on any atom is -0.324 e. The van der Waals surface area contributed by atoms with Crippen LogP contribution in [0.5, 0.6) is 0 Å². The van der Waals surface area contributed by atoms with E-state index < -0.39 is 10.8 Å². The van der Waals surface area contributed by atoms with Gasteiger partial charge in [-0.3, -0.25) is 23.5 Å². The zero-order chi connectivity index (χ0) is 17.0. The first-order chi connectivity index (χ1) is 10.9. The van der Waals surface area contributed by atoms with Gasteiger partial charge in [-0.05, 0) is 30.7 Å². The van der Waals surface area contributed by atoms with Crippen molar-refractivity contribution in [3.05, 3.63) is 28.7 Å². The van der Waals surface area contributed by atoms with Crippen LogP contribution in [0.25, 0.3) is 0 Å². The quantitative estimate of drug-likeness (QED) is 0.695. The van der Waals surface area contributed by atoms with Gasteiger partial charge in [-0.25, -0.2) is 0 Å². The molecule has 2 rings (SSSR count). The molecule has 1 aromatic carbocycles. The molecule has 0 spiro atoms. The number of nitrogens with zero attached hydrogens (tertiary/aromatic N) is 2. The summed E-state index contributed by atoms with van der Waals surface area (Å²) in [5.74, 6) is -0.656. The van der Waals surface area contributed by atoms with Crippen molar-refractivity contribution in [3.8, 4) is 0 Å². The van der Waals surface area contributed by atoms with E-state index in [0.29, 0.717) is 17.1 Å². The Morgan fingerprint density at radius 2 is 1.74 bits per heavy atom. The third-order valence-electron chi connectivity index (χ3n) is 3.55. The number of piperazine rings is 1. The average Bonchev–Trinajstić information content (AvgIpc) is 2.52. The van der Waals surface area contributed by atoms with E-state index in [2.05, 4.69) is 15.9 Å². The van der Waals surface area contributed by atoms with Gasteiger partial charge in [0.25, 0.3) is 0 Å². The van der Waals surface area contributed by atoms with Crippen LogP contribution in [0.15, 0.2) is 33.6 Å². The zero-order valence-corrected chi connectivity index (χ0v) is 15.1. The number of halogens is 1. The van der Waals surface area contributed by atoms with Gasteiger partial charge in [-0.2, -0.15) is 0 Å². The third-order valence-corrected chi connectivity index (χ3v) is 5.54. The lowest BCUT2D eigenvalue weighted by atomic mass is 10.2. The van der Waals surface area contributed by atoms with Gasteiger partial charge >= 0.3 is 0 Å². The molecule has 1 atom stereocenters. The topological polar surface area (TPSA) is 74.8 Å². The number of amides is 3. The fourth-order valence-electron chi connectivity index (χ4n) is 2.13. The molecule has 0 bridgehead atoms. The zero-order valence-electron chi connectivity index (χ0n) is 12.7. The molecule has 0 saturated carbocycles. The predicted octanol–water partition coefficient (Wildman–Crippen LogP) is 1.16. The van der Waals surface area contributed by atoms with Gasteiger partial charge in [0.05, 0.1) is 10.8 Å². The standard InChI is InChI=1S/C15H17BrN2O4S/c1-17-14(20)9-18(10-15(17)21)13(19)3-2-8-23(22)12-6-4-11(16)5-7-12/h4-7H,2-3,8-10H2,1H3/t23-/m0/s1. The number of carbonyl (C=O) groups is 3. The van der Waals surface area contributed by atoms with Crippen LogP contribution in [-0.2, 0) is 25.2 Å². The van der Waals surface area contributed by atoms with Gasteiger partial charge in [0.15, 0.2) is 0 Å². The summed E-state index contributed by atoms with van der Waals surface area (Å²) in [4.78, 5) is 38.2. The SMILES string of the molecule is CN1C(=O)CN(C(=O)CCC[S@](=O)c2ccc(Br)cc2)CC1=O. The van der Waals surface area contributed by atoms with Crippen molar-refractivity contribution in [2.24, 2.45) is 0 Å². The molecule has 1 aliphatic heterocycles. The second kappa shape index (κ2) is 7.83. The fourth-order valence-corrected chi connectivity index (χ4v) is 3.47. The molecule has 0 aliphatic carbocycles. The molecule has 0 N–H and O–H groups in total. The van der Waals surface area contributed by atoms with Gasteiger partial charge in [-0.15, -0.1) is 0 Å². The van der Waals surface area contributed by atoms with Gasteiger partial charge in [-0.1, -0.05) is 15.9 Å². The number of carbonyl (C=O) groups excluding carboxylic acids is 3. The van der Waals surface area contributed by atoms with Crippen molar-refractivity contribution in [2.75, 3.05) is 25.9 Å². The molecule has 1 fully saturated rings. The molecular weight excluding hydrogens is 384 g/mol. The van der Waals surface area contributed by atoms with Crippen molar-refractivity contribution in [2.45, 2.75) is 17.7 Å². The van der Waals surface area contributed by atoms with Crippen LogP contribution in [0.3, 0.4) is 0 Å². The molecule has 3 amide bonds. The summed E-state index contributed by atoms with van der Waals surface area (Å²) >= 11 is 3.32. The summed E-state index contributed by atoms with van der Waals surface area (Å²) in [5.41, 5.74) is 0. The molecule has 23 heavy (non-hydrogen) atoms. The summed E-state index contributed by atoms with van der Waals surface area (Å²) in [6.07, 6.45) is 0.614. The normalized spacial score (nSPS) is 16.6. The summed E-state index contributed by atoms with van der Waals surface area (Å²) in [5, 5.41) is 0. The number of rotatable bonds is 5. The fraction of sp³-hybridized carbons (Fsp3) is 0.400. The molecule has 1 aliphatic rings. The van der Waals surface area contributed by atoms with E-state index in [0.717, 1.165) is 9.37 Å². The van der Waals surface area contributed by atoms with E-state index in [1.807, 2.05) is 12.1 Å². The Labute approximate surface area is 145 Å². The summed E-state index contributed by atoms with van der Waals surface area (Å²) < 4.78 is 13.0. The number of imide groups is 1. The smallest absolute Gasteiger partial charge is 0.248 e. The van der Waals surface area contributed by atoms with Crippen molar-refractivity contribution >= 4 is 44.5 Å². The molecule has 0 radical (unpaired) electrons. The van der Waals surface area contributed by atoms with Crippen molar-refractivity contribution in [1.82, 2.24) is 9.80 Å². The molecule has 1 heterocycles. The van der Waals surface area contributed by atoms with Crippen molar-refractivity contribution in [1.29, 1.82) is 0 Å². The highest BCUT2D eigenvalue weighted by Crippen LogP contribution is 2.14. The predicted molar refractivity (Wildman–Crippen MR) is 89.0 cm³/mol. The minimum absolute atomic E-state index is 0.0725. The molecule has 0 unspecified atom stereocenters. The minimum atomic E-state index is -1.17. The lowest BCUT2D eigenvalue weighted by Crippen LogP contribution is -2.53. The largest absolute Gasteiger partial charge is 0.324 e. The molecule has 0 aromatic heterocycles. The second-order valence-electron chi connectivity index (χ2n) is 5.20. The third kappa shape index (κ3) is 4.71. The highest BCUT2D eigenvalue weighted by atomic mass is 79.9. The van der Waals surface area contributed by atoms with Gasteiger partial charge < -0.3 is 4.90 Å². The molecule has 6 nitrogen and oxygen atoms in total. The molecule has 8 heteroatoms. The van der Waals surface area contributed by atoms with Crippen molar-refractivity contribution in [3.63, 3.8) is 0 Å². The van der Waals surface area contributed by atoms with Crippen molar-refractivity contribution < 1.29 is 18.6 Å². The molecular formula is C15H17BrN2O4S. The van der Waals surface area contributed by atoms with Gasteiger partial charge in [0, 0.05) is 28.6 Å². The van der Waals surface area contributed by atoms with Crippen LogP contribution < -0.4 is 0 Å². The lowest BCUT2D eigenvalue weighted by Gasteiger charge is -2.30. The number of hydrogen-bond acceptors (Lipinski definition) is 4.